The Morgan fingerprint density at radius 3 is 2.17 bits per heavy atom. The number of benzene rings is 1. The Hall–Kier alpha value is 0.120. The Bertz CT molecular complexity index is 1610. The molecule has 0 amide bonds. The van der Waals surface area contributed by atoms with Crippen LogP contribution in [0.25, 0.3) is 0 Å². The van der Waals surface area contributed by atoms with Gasteiger partial charge in [0, 0.05) is 5.56 Å². The summed E-state index contributed by atoms with van der Waals surface area (Å²) in [4.78, 5) is 0. The van der Waals surface area contributed by atoms with Crippen molar-refractivity contribution in [2.45, 2.75) is 119 Å². The standard InChI is InChI=1S/C36H54O8S2.2Na/c1-24-13-15-29-30(11-9-18-33(29,4)5)34(24,6)20-21-36-19-17-25(2)35(7,32(36)12-8-10-26(36)3)23-27-22-28(43-45(37,38)39)14-16-31(27)44-46(40,41)42;;/h14-16,22,24-25,30,32H,3,8-13,17-21,23H2,1-2,4-7H3,(H,37,38,39)(H,40,41,42);;/q;2*+1/p-2/t24-,25+,30+,32-,34+,35+,36+;;/m1../s1. The Morgan fingerprint density at radius 2 is 1.52 bits per heavy atom. The van der Waals surface area contributed by atoms with Gasteiger partial charge in [-0.1, -0.05) is 71.8 Å². The van der Waals surface area contributed by atoms with E-state index in [9.17, 15) is 25.9 Å². The maximum Gasteiger partial charge on any atom is 1.00 e. The first-order chi connectivity index (χ1) is 21.2. The van der Waals surface area contributed by atoms with Gasteiger partial charge in [0.05, 0.1) is 0 Å². The third-order valence-electron chi connectivity index (χ3n) is 13.5. The molecule has 258 valence electrons. The number of hydrogen-bond acceptors (Lipinski definition) is 8. The molecule has 1 aromatic carbocycles. The molecule has 4 aliphatic carbocycles. The summed E-state index contributed by atoms with van der Waals surface area (Å²) in [6.45, 7) is 19.0. The van der Waals surface area contributed by atoms with Crippen LogP contribution >= 0.6 is 0 Å². The summed E-state index contributed by atoms with van der Waals surface area (Å²) in [6, 6.07) is 3.64. The molecule has 0 aliphatic heterocycles. The van der Waals surface area contributed by atoms with Crippen LogP contribution in [0.15, 0.2) is 42.0 Å². The van der Waals surface area contributed by atoms with Gasteiger partial charge in [-0.25, -0.2) is 16.8 Å². The Labute approximate surface area is 334 Å². The van der Waals surface area contributed by atoms with Crippen LogP contribution in [-0.2, 0) is 27.2 Å². The summed E-state index contributed by atoms with van der Waals surface area (Å²) < 4.78 is 78.7. The zero-order valence-corrected chi connectivity index (χ0v) is 36.0. The summed E-state index contributed by atoms with van der Waals surface area (Å²) in [5.74, 6) is 1.20. The van der Waals surface area contributed by atoms with Crippen LogP contribution in [0.1, 0.15) is 118 Å². The van der Waals surface area contributed by atoms with E-state index in [0.29, 0.717) is 23.8 Å². The van der Waals surface area contributed by atoms with Gasteiger partial charge in [-0.2, -0.15) is 0 Å². The van der Waals surface area contributed by atoms with E-state index in [1.54, 1.807) is 5.57 Å². The minimum atomic E-state index is -5.11. The van der Waals surface area contributed by atoms with E-state index in [0.717, 1.165) is 57.4 Å². The van der Waals surface area contributed by atoms with Gasteiger partial charge in [-0.15, -0.1) is 0 Å². The van der Waals surface area contributed by atoms with E-state index in [2.05, 4.69) is 51.8 Å². The fourth-order valence-corrected chi connectivity index (χ4v) is 11.2. The van der Waals surface area contributed by atoms with Gasteiger partial charge in [0.2, 0.25) is 0 Å². The first-order valence-electron chi connectivity index (χ1n) is 17.0. The van der Waals surface area contributed by atoms with Crippen molar-refractivity contribution in [1.29, 1.82) is 0 Å². The van der Waals surface area contributed by atoms with Gasteiger partial charge in [0.25, 0.3) is 20.8 Å². The summed E-state index contributed by atoms with van der Waals surface area (Å²) >= 11 is 0. The van der Waals surface area contributed by atoms with Crippen molar-refractivity contribution in [2.75, 3.05) is 0 Å². The molecular formula is C36H52Na2O8S2. The summed E-state index contributed by atoms with van der Waals surface area (Å²) in [6.07, 6.45) is 14.9. The van der Waals surface area contributed by atoms with Crippen molar-refractivity contribution in [3.8, 4) is 11.5 Å². The Kier molecular flexibility index (Phi) is 13.5. The van der Waals surface area contributed by atoms with Gasteiger partial charge >= 0.3 is 59.1 Å². The molecule has 7 atom stereocenters. The molecule has 0 aromatic heterocycles. The van der Waals surface area contributed by atoms with Crippen LogP contribution in [-0.4, -0.2) is 25.9 Å². The molecule has 4 aliphatic rings. The summed E-state index contributed by atoms with van der Waals surface area (Å²) in [5, 5.41) is 0. The second-order valence-electron chi connectivity index (χ2n) is 16.2. The van der Waals surface area contributed by atoms with Crippen molar-refractivity contribution < 1.29 is 93.4 Å². The van der Waals surface area contributed by atoms with E-state index in [4.69, 9.17) is 10.8 Å². The first kappa shape index (κ1) is 42.5. The maximum absolute atomic E-state index is 11.7. The normalized spacial score (nSPS) is 34.8. The molecule has 0 bridgehead atoms. The first-order valence-corrected chi connectivity index (χ1v) is 19.7. The predicted octanol–water partition coefficient (Wildman–Crippen LogP) is 2.27. The SMILES string of the molecule is C=C1CCC[C@H]2[C@]1(CC[C@@]1(C)[C@H](C)CC=C3[C@@H]1CCCC3(C)C)CC[C@H](C)[C@]2(C)Cc1cc(OS(=O)(=O)[O-])ccc1OS(=O)(=O)[O-].[Na+].[Na+]. The van der Waals surface area contributed by atoms with Gasteiger partial charge in [-0.3, -0.25) is 0 Å². The van der Waals surface area contributed by atoms with Crippen LogP contribution in [0.4, 0.5) is 0 Å². The molecule has 48 heavy (non-hydrogen) atoms. The van der Waals surface area contributed by atoms with Gasteiger partial charge < -0.3 is 17.5 Å². The van der Waals surface area contributed by atoms with Crippen molar-refractivity contribution in [3.05, 3.63) is 47.6 Å². The molecule has 0 saturated heterocycles. The van der Waals surface area contributed by atoms with Crippen LogP contribution < -0.4 is 67.5 Å². The molecular weight excluding hydrogens is 671 g/mol. The molecule has 3 saturated carbocycles. The Morgan fingerprint density at radius 1 is 0.854 bits per heavy atom. The predicted molar refractivity (Wildman–Crippen MR) is 177 cm³/mol. The van der Waals surface area contributed by atoms with Crippen LogP contribution in [0.2, 0.25) is 0 Å². The fourth-order valence-electron chi connectivity index (χ4n) is 10.4. The van der Waals surface area contributed by atoms with E-state index < -0.39 is 20.8 Å². The van der Waals surface area contributed by atoms with Crippen molar-refractivity contribution in [3.63, 3.8) is 0 Å². The molecule has 0 radical (unpaired) electrons. The number of rotatable bonds is 9. The second-order valence-corrected chi connectivity index (χ2v) is 18.2. The molecule has 0 heterocycles. The molecule has 3 fully saturated rings. The van der Waals surface area contributed by atoms with Crippen LogP contribution in [0.3, 0.4) is 0 Å². The Balaban J connectivity index is 0.00000312. The third-order valence-corrected chi connectivity index (χ3v) is 14.2. The average molecular weight is 723 g/mol. The maximum atomic E-state index is 11.7. The van der Waals surface area contributed by atoms with E-state index >= 15 is 0 Å². The molecule has 5 rings (SSSR count). The van der Waals surface area contributed by atoms with Gasteiger partial charge in [0.1, 0.15) is 11.5 Å². The van der Waals surface area contributed by atoms with Gasteiger partial charge in [-0.05, 0) is 134 Å². The number of fused-ring (bicyclic) bond motifs is 2. The van der Waals surface area contributed by atoms with Crippen LogP contribution in [0, 0.1) is 45.3 Å². The fraction of sp³-hybridized carbons (Fsp3) is 0.722. The van der Waals surface area contributed by atoms with Gasteiger partial charge in [0.15, 0.2) is 0 Å². The third kappa shape index (κ3) is 8.50. The van der Waals surface area contributed by atoms with E-state index in [1.165, 1.54) is 37.0 Å². The van der Waals surface area contributed by atoms with Crippen molar-refractivity contribution in [2.24, 2.45) is 45.3 Å². The number of allylic oxidation sites excluding steroid dienone is 3. The molecule has 0 unspecified atom stereocenters. The zero-order valence-electron chi connectivity index (χ0n) is 30.4. The molecule has 12 heteroatoms. The van der Waals surface area contributed by atoms with E-state index in [-0.39, 0.29) is 104 Å². The molecule has 8 nitrogen and oxygen atoms in total. The zero-order chi connectivity index (χ0) is 33.9. The topological polar surface area (TPSA) is 133 Å². The summed E-state index contributed by atoms with van der Waals surface area (Å²) in [5.41, 5.74) is 3.25. The molecule has 0 N–H and O–H groups in total. The molecule has 1 aromatic rings. The minimum absolute atomic E-state index is 0. The average Bonchev–Trinajstić information content (AvgIpc) is 2.93. The quantitative estimate of drug-likeness (QED) is 0.164. The van der Waals surface area contributed by atoms with Crippen molar-refractivity contribution >= 4 is 20.8 Å². The second kappa shape index (κ2) is 15.2. The van der Waals surface area contributed by atoms with Crippen LogP contribution in [0.5, 0.6) is 11.5 Å². The largest absolute Gasteiger partial charge is 1.00 e. The number of hydrogen-bond donors (Lipinski definition) is 0. The minimum Gasteiger partial charge on any atom is -0.716 e. The molecule has 0 spiro atoms. The smallest absolute Gasteiger partial charge is 0.716 e. The monoisotopic (exact) mass is 722 g/mol. The van der Waals surface area contributed by atoms with E-state index in [1.807, 2.05) is 0 Å². The van der Waals surface area contributed by atoms with Crippen molar-refractivity contribution in [1.82, 2.24) is 0 Å². The summed E-state index contributed by atoms with van der Waals surface area (Å²) in [7, 11) is -10.2.